The van der Waals surface area contributed by atoms with Crippen LogP contribution in [0.4, 0.5) is 5.82 Å². The summed E-state index contributed by atoms with van der Waals surface area (Å²) in [5, 5.41) is 3.52. The number of rotatable bonds is 2. The van der Waals surface area contributed by atoms with Gasteiger partial charge in [-0.15, -0.1) is 0 Å². The quantitative estimate of drug-likeness (QED) is 0.836. The van der Waals surface area contributed by atoms with E-state index in [-0.39, 0.29) is 0 Å². The highest BCUT2D eigenvalue weighted by Crippen LogP contribution is 2.26. The third-order valence-electron chi connectivity index (χ3n) is 4.16. The molecule has 2 N–H and O–H groups in total. The molecular weight excluding hydrogens is 256 g/mol. The van der Waals surface area contributed by atoms with Gasteiger partial charge in [-0.3, -0.25) is 4.90 Å². The van der Waals surface area contributed by atoms with Crippen LogP contribution in [-0.4, -0.2) is 62.7 Å². The summed E-state index contributed by atoms with van der Waals surface area (Å²) in [6.45, 7) is 5.03. The van der Waals surface area contributed by atoms with Gasteiger partial charge in [0.25, 0.3) is 0 Å². The number of nitrogens with zero attached hydrogens (tertiary/aromatic N) is 4. The van der Waals surface area contributed by atoms with Gasteiger partial charge >= 0.3 is 0 Å². The number of aromatic amines is 1. The third kappa shape index (κ3) is 2.03. The second-order valence-corrected chi connectivity index (χ2v) is 5.65. The summed E-state index contributed by atoms with van der Waals surface area (Å²) < 4.78 is 5.74. The van der Waals surface area contributed by atoms with Gasteiger partial charge in [-0.2, -0.15) is 0 Å². The van der Waals surface area contributed by atoms with E-state index in [1.54, 1.807) is 12.7 Å². The molecule has 2 aromatic rings. The van der Waals surface area contributed by atoms with Crippen LogP contribution in [0.5, 0.6) is 0 Å². The minimum absolute atomic E-state index is 0.336. The molecule has 2 aliphatic rings. The van der Waals surface area contributed by atoms with Gasteiger partial charge in [-0.05, 0) is 13.3 Å². The number of morpholine rings is 1. The molecule has 7 heteroatoms. The maximum Gasteiger partial charge on any atom is 0.182 e. The van der Waals surface area contributed by atoms with Crippen molar-refractivity contribution in [2.24, 2.45) is 0 Å². The molecule has 0 spiro atoms. The number of ether oxygens (including phenoxy) is 1. The van der Waals surface area contributed by atoms with Crippen molar-refractivity contribution in [2.75, 3.05) is 25.0 Å². The molecule has 0 saturated carbocycles. The van der Waals surface area contributed by atoms with Crippen molar-refractivity contribution in [1.29, 1.82) is 0 Å². The van der Waals surface area contributed by atoms with Gasteiger partial charge in [0.1, 0.15) is 11.8 Å². The van der Waals surface area contributed by atoms with E-state index >= 15 is 0 Å². The standard InChI is InChI=1S/C13H18N6O/c1-8-3-19-4-9(2-10(19)5-20-8)18-13-11-12(15-6-14-11)16-7-17-13/h6-10H,2-5H2,1H3,(H2,14,15,16,17,18)/t8-,9-,10-/m0/s1. The van der Waals surface area contributed by atoms with Gasteiger partial charge in [0.2, 0.25) is 0 Å². The fourth-order valence-electron chi connectivity index (χ4n) is 3.21. The Labute approximate surface area is 116 Å². The first-order chi connectivity index (χ1) is 9.79. The highest BCUT2D eigenvalue weighted by Gasteiger charge is 2.36. The number of fused-ring (bicyclic) bond motifs is 2. The lowest BCUT2D eigenvalue weighted by Crippen LogP contribution is -2.45. The Bertz CT molecular complexity index is 614. The lowest BCUT2D eigenvalue weighted by molar-refractivity contribution is -0.0390. The van der Waals surface area contributed by atoms with Crippen LogP contribution in [0.25, 0.3) is 11.2 Å². The number of aromatic nitrogens is 4. The molecule has 2 fully saturated rings. The van der Waals surface area contributed by atoms with E-state index in [1.807, 2.05) is 0 Å². The van der Waals surface area contributed by atoms with Gasteiger partial charge in [0, 0.05) is 25.2 Å². The third-order valence-corrected chi connectivity index (χ3v) is 4.16. The molecule has 4 heterocycles. The summed E-state index contributed by atoms with van der Waals surface area (Å²) in [7, 11) is 0. The Morgan fingerprint density at radius 3 is 3.25 bits per heavy atom. The minimum Gasteiger partial charge on any atom is -0.376 e. The van der Waals surface area contributed by atoms with E-state index in [9.17, 15) is 0 Å². The van der Waals surface area contributed by atoms with E-state index in [0.29, 0.717) is 23.8 Å². The van der Waals surface area contributed by atoms with Crippen LogP contribution in [0, 0.1) is 0 Å². The van der Waals surface area contributed by atoms with Crippen LogP contribution in [0.15, 0.2) is 12.7 Å². The molecule has 7 nitrogen and oxygen atoms in total. The molecule has 2 aromatic heterocycles. The fourth-order valence-corrected chi connectivity index (χ4v) is 3.21. The Hall–Kier alpha value is -1.73. The van der Waals surface area contributed by atoms with E-state index in [1.165, 1.54) is 0 Å². The van der Waals surface area contributed by atoms with Crippen LogP contribution in [0.2, 0.25) is 0 Å². The van der Waals surface area contributed by atoms with Gasteiger partial charge in [-0.25, -0.2) is 15.0 Å². The number of H-pyrrole nitrogens is 1. The van der Waals surface area contributed by atoms with Gasteiger partial charge in [-0.1, -0.05) is 0 Å². The minimum atomic E-state index is 0.336. The lowest BCUT2D eigenvalue weighted by atomic mass is 10.1. The van der Waals surface area contributed by atoms with Crippen LogP contribution < -0.4 is 5.32 Å². The Kier molecular flexibility index (Phi) is 2.82. The predicted molar refractivity (Wildman–Crippen MR) is 74.5 cm³/mol. The highest BCUT2D eigenvalue weighted by atomic mass is 16.5. The summed E-state index contributed by atoms with van der Waals surface area (Å²) in [4.78, 5) is 18.2. The Morgan fingerprint density at radius 1 is 1.35 bits per heavy atom. The molecule has 3 atom stereocenters. The molecule has 4 rings (SSSR count). The largest absolute Gasteiger partial charge is 0.376 e. The maximum absolute atomic E-state index is 5.74. The molecule has 20 heavy (non-hydrogen) atoms. The summed E-state index contributed by atoms with van der Waals surface area (Å²) in [5.41, 5.74) is 1.58. The SMILES string of the molecule is C[C@H]1CN2C[C@@H](Nc3ncnc4nc[nH]c34)C[C@H]2CO1. The number of hydrogen-bond acceptors (Lipinski definition) is 6. The molecule has 0 aromatic carbocycles. The van der Waals surface area contributed by atoms with E-state index < -0.39 is 0 Å². The van der Waals surface area contributed by atoms with Crippen molar-refractivity contribution >= 4 is 17.0 Å². The fraction of sp³-hybridized carbons (Fsp3) is 0.615. The zero-order valence-corrected chi connectivity index (χ0v) is 11.4. The van der Waals surface area contributed by atoms with E-state index in [0.717, 1.165) is 37.5 Å². The van der Waals surface area contributed by atoms with Crippen molar-refractivity contribution < 1.29 is 4.74 Å². The topological polar surface area (TPSA) is 79.0 Å². The molecule has 0 bridgehead atoms. The van der Waals surface area contributed by atoms with Crippen molar-refractivity contribution in [1.82, 2.24) is 24.8 Å². The normalized spacial score (nSPS) is 30.6. The molecule has 2 saturated heterocycles. The smallest absolute Gasteiger partial charge is 0.182 e. The predicted octanol–water partition coefficient (Wildman–Crippen LogP) is 0.626. The van der Waals surface area contributed by atoms with Crippen LogP contribution in [-0.2, 0) is 4.74 Å². The summed E-state index contributed by atoms with van der Waals surface area (Å²) in [6.07, 6.45) is 4.63. The van der Waals surface area contributed by atoms with Crippen LogP contribution >= 0.6 is 0 Å². The first-order valence-electron chi connectivity index (χ1n) is 7.06. The van der Waals surface area contributed by atoms with Crippen LogP contribution in [0.1, 0.15) is 13.3 Å². The van der Waals surface area contributed by atoms with Crippen LogP contribution in [0.3, 0.4) is 0 Å². The molecule has 2 aliphatic heterocycles. The highest BCUT2D eigenvalue weighted by molar-refractivity contribution is 5.82. The molecule has 0 amide bonds. The molecule has 0 aliphatic carbocycles. The first kappa shape index (κ1) is 12.0. The summed E-state index contributed by atoms with van der Waals surface area (Å²) >= 11 is 0. The van der Waals surface area contributed by atoms with E-state index in [4.69, 9.17) is 4.74 Å². The Morgan fingerprint density at radius 2 is 2.30 bits per heavy atom. The summed E-state index contributed by atoms with van der Waals surface area (Å²) in [6, 6.07) is 0.929. The zero-order chi connectivity index (χ0) is 13.5. The molecule has 0 radical (unpaired) electrons. The van der Waals surface area contributed by atoms with Crippen molar-refractivity contribution in [2.45, 2.75) is 31.5 Å². The number of anilines is 1. The second kappa shape index (κ2) is 4.68. The Balaban J connectivity index is 1.51. The number of imidazole rings is 1. The lowest BCUT2D eigenvalue weighted by Gasteiger charge is -2.33. The van der Waals surface area contributed by atoms with Gasteiger partial charge in [0.15, 0.2) is 11.5 Å². The molecule has 0 unspecified atom stereocenters. The monoisotopic (exact) mass is 274 g/mol. The maximum atomic E-state index is 5.74. The zero-order valence-electron chi connectivity index (χ0n) is 11.4. The summed E-state index contributed by atoms with van der Waals surface area (Å²) in [5.74, 6) is 0.839. The van der Waals surface area contributed by atoms with E-state index in [2.05, 4.69) is 37.1 Å². The average molecular weight is 274 g/mol. The van der Waals surface area contributed by atoms with Crippen molar-refractivity contribution in [3.8, 4) is 0 Å². The van der Waals surface area contributed by atoms with Gasteiger partial charge < -0.3 is 15.0 Å². The van der Waals surface area contributed by atoms with Crippen molar-refractivity contribution in [3.05, 3.63) is 12.7 Å². The van der Waals surface area contributed by atoms with Crippen molar-refractivity contribution in [3.63, 3.8) is 0 Å². The molecular formula is C13H18N6O. The average Bonchev–Trinajstić information content (AvgIpc) is 3.04. The number of nitrogens with one attached hydrogen (secondary N) is 2. The molecule has 106 valence electrons. The number of hydrogen-bond donors (Lipinski definition) is 2. The second-order valence-electron chi connectivity index (χ2n) is 5.65. The van der Waals surface area contributed by atoms with Gasteiger partial charge in [0.05, 0.1) is 19.0 Å². The first-order valence-corrected chi connectivity index (χ1v) is 7.06.